The summed E-state index contributed by atoms with van der Waals surface area (Å²) in [6.07, 6.45) is 3.09. The minimum atomic E-state index is -0.423. The molecule has 0 saturated carbocycles. The zero-order valence-corrected chi connectivity index (χ0v) is 15.0. The minimum absolute atomic E-state index is 0.00300. The van der Waals surface area contributed by atoms with Gasteiger partial charge in [-0.1, -0.05) is 37.1 Å². The Balaban J connectivity index is 1.88. The van der Waals surface area contributed by atoms with Crippen molar-refractivity contribution in [1.29, 1.82) is 0 Å². The number of amides is 2. The normalized spacial score (nSPS) is 16.5. The molecule has 24 heavy (non-hydrogen) atoms. The summed E-state index contributed by atoms with van der Waals surface area (Å²) in [5.74, 6) is 0.521. The van der Waals surface area contributed by atoms with Gasteiger partial charge in [-0.2, -0.15) is 0 Å². The fourth-order valence-electron chi connectivity index (χ4n) is 2.93. The van der Waals surface area contributed by atoms with E-state index in [2.05, 4.69) is 5.32 Å². The number of hydrogen-bond donors (Lipinski definition) is 1. The lowest BCUT2D eigenvalue weighted by molar-refractivity contribution is -0.137. The molecule has 0 spiro atoms. The molecule has 1 unspecified atom stereocenters. The van der Waals surface area contributed by atoms with Crippen LogP contribution in [0, 0.1) is 0 Å². The van der Waals surface area contributed by atoms with E-state index in [-0.39, 0.29) is 17.9 Å². The molecule has 132 valence electrons. The van der Waals surface area contributed by atoms with Gasteiger partial charge in [0.05, 0.1) is 5.02 Å². The molecule has 1 atom stereocenters. The Labute approximate surface area is 148 Å². The van der Waals surface area contributed by atoms with E-state index < -0.39 is 6.04 Å². The Morgan fingerprint density at radius 1 is 1.33 bits per heavy atom. The number of nitrogens with zero attached hydrogens (tertiary/aromatic N) is 1. The van der Waals surface area contributed by atoms with Crippen molar-refractivity contribution >= 4 is 23.4 Å². The summed E-state index contributed by atoms with van der Waals surface area (Å²) >= 11 is 6.12. The van der Waals surface area contributed by atoms with Gasteiger partial charge in [-0.15, -0.1) is 0 Å². The van der Waals surface area contributed by atoms with Crippen LogP contribution < -0.4 is 10.1 Å². The summed E-state index contributed by atoms with van der Waals surface area (Å²) in [5, 5.41) is 3.36. The molecule has 2 amide bonds. The maximum absolute atomic E-state index is 12.6. The van der Waals surface area contributed by atoms with Gasteiger partial charge in [0.1, 0.15) is 17.9 Å². The van der Waals surface area contributed by atoms with Crippen LogP contribution in [0.25, 0.3) is 0 Å². The molecule has 0 bridgehead atoms. The van der Waals surface area contributed by atoms with E-state index in [1.54, 1.807) is 6.07 Å². The molecular weight excluding hydrogens is 328 g/mol. The van der Waals surface area contributed by atoms with Gasteiger partial charge in [0.15, 0.2) is 0 Å². The number of ether oxygens (including phenoxy) is 1. The van der Waals surface area contributed by atoms with Crippen molar-refractivity contribution in [2.24, 2.45) is 0 Å². The van der Waals surface area contributed by atoms with E-state index in [1.165, 1.54) is 6.92 Å². The van der Waals surface area contributed by atoms with Gasteiger partial charge in [-0.3, -0.25) is 9.59 Å². The zero-order valence-electron chi connectivity index (χ0n) is 14.3. The zero-order chi connectivity index (χ0) is 17.5. The average Bonchev–Trinajstić information content (AvgIpc) is 2.56. The number of carbonyl (C=O) groups is 2. The van der Waals surface area contributed by atoms with Crippen LogP contribution in [0.5, 0.6) is 5.75 Å². The number of piperidine rings is 1. The van der Waals surface area contributed by atoms with Crippen LogP contribution in [0.3, 0.4) is 0 Å². The average molecular weight is 353 g/mol. The van der Waals surface area contributed by atoms with Crippen LogP contribution >= 0.6 is 11.6 Å². The van der Waals surface area contributed by atoms with Crippen molar-refractivity contribution in [3.63, 3.8) is 0 Å². The van der Waals surface area contributed by atoms with Gasteiger partial charge < -0.3 is 15.0 Å². The molecular formula is C18H25ClN2O3. The monoisotopic (exact) mass is 352 g/mol. The Bertz CT molecular complexity index is 571. The maximum atomic E-state index is 12.6. The second-order valence-electron chi connectivity index (χ2n) is 6.11. The number of hydrogen-bond acceptors (Lipinski definition) is 3. The summed E-state index contributed by atoms with van der Waals surface area (Å²) < 4.78 is 5.95. The number of para-hydroxylation sites is 1. The summed E-state index contributed by atoms with van der Waals surface area (Å²) in [5.41, 5.74) is 0. The molecule has 1 heterocycles. The maximum Gasteiger partial charge on any atom is 0.245 e. The van der Waals surface area contributed by atoms with Crippen molar-refractivity contribution in [3.8, 4) is 5.75 Å². The summed E-state index contributed by atoms with van der Waals surface area (Å²) in [7, 11) is 0. The van der Waals surface area contributed by atoms with Crippen LogP contribution in [0.2, 0.25) is 5.02 Å². The number of carbonyl (C=O) groups excluding carboxylic acids is 2. The molecule has 0 aliphatic carbocycles. The first-order valence-corrected chi connectivity index (χ1v) is 8.86. The Kier molecular flexibility index (Phi) is 6.91. The molecule has 1 aromatic rings. The fourth-order valence-corrected chi connectivity index (χ4v) is 3.11. The molecule has 0 radical (unpaired) electrons. The Hall–Kier alpha value is -1.75. The predicted octanol–water partition coefficient (Wildman–Crippen LogP) is 3.01. The molecule has 1 fully saturated rings. The quantitative estimate of drug-likeness (QED) is 0.856. The van der Waals surface area contributed by atoms with E-state index in [0.29, 0.717) is 30.3 Å². The van der Waals surface area contributed by atoms with E-state index in [1.807, 2.05) is 30.0 Å². The second kappa shape index (κ2) is 8.92. The third-order valence-electron chi connectivity index (χ3n) is 4.14. The number of nitrogens with one attached hydrogen (secondary N) is 1. The lowest BCUT2D eigenvalue weighted by Gasteiger charge is -2.34. The first-order chi connectivity index (χ1) is 11.5. The van der Waals surface area contributed by atoms with Crippen molar-refractivity contribution < 1.29 is 14.3 Å². The number of halogens is 1. The van der Waals surface area contributed by atoms with Gasteiger partial charge >= 0.3 is 0 Å². The van der Waals surface area contributed by atoms with Crippen molar-refractivity contribution in [1.82, 2.24) is 10.2 Å². The van der Waals surface area contributed by atoms with Gasteiger partial charge in [-0.05, 0) is 18.6 Å². The van der Waals surface area contributed by atoms with Crippen molar-refractivity contribution in [2.45, 2.75) is 51.7 Å². The summed E-state index contributed by atoms with van der Waals surface area (Å²) in [6.45, 7) is 4.72. The molecule has 0 aromatic heterocycles. The van der Waals surface area contributed by atoms with Crippen molar-refractivity contribution in [2.75, 3.05) is 13.1 Å². The standard InChI is InChI=1S/C18H25ClN2O3/c1-3-6-16(20-13(2)22)18(23)21-11-9-14(10-12-21)24-17-8-5-4-7-15(17)19/h4-5,7-8,14,16H,3,6,9-12H2,1-2H3,(H,20,22). The largest absolute Gasteiger partial charge is 0.489 e. The molecule has 2 rings (SSSR count). The molecule has 1 aliphatic rings. The topological polar surface area (TPSA) is 58.6 Å². The van der Waals surface area contributed by atoms with Crippen LogP contribution in [-0.2, 0) is 9.59 Å². The number of likely N-dealkylation sites (tertiary alicyclic amines) is 1. The lowest BCUT2D eigenvalue weighted by Crippen LogP contribution is -2.51. The van der Waals surface area contributed by atoms with E-state index >= 15 is 0 Å². The van der Waals surface area contributed by atoms with E-state index in [0.717, 1.165) is 19.3 Å². The molecule has 1 saturated heterocycles. The van der Waals surface area contributed by atoms with Gasteiger partial charge in [0.25, 0.3) is 0 Å². The van der Waals surface area contributed by atoms with Crippen molar-refractivity contribution in [3.05, 3.63) is 29.3 Å². The lowest BCUT2D eigenvalue weighted by atomic mass is 10.0. The molecule has 1 aromatic carbocycles. The highest BCUT2D eigenvalue weighted by molar-refractivity contribution is 6.32. The Morgan fingerprint density at radius 3 is 2.58 bits per heavy atom. The molecule has 1 aliphatic heterocycles. The first-order valence-electron chi connectivity index (χ1n) is 8.48. The molecule has 1 N–H and O–H groups in total. The second-order valence-corrected chi connectivity index (χ2v) is 6.52. The number of rotatable bonds is 6. The summed E-state index contributed by atoms with van der Waals surface area (Å²) in [6, 6.07) is 7.00. The molecule has 5 nitrogen and oxygen atoms in total. The third-order valence-corrected chi connectivity index (χ3v) is 4.45. The number of benzene rings is 1. The highest BCUT2D eigenvalue weighted by atomic mass is 35.5. The first kappa shape index (κ1) is 18.6. The third kappa shape index (κ3) is 5.13. The van der Waals surface area contributed by atoms with E-state index in [9.17, 15) is 9.59 Å². The van der Waals surface area contributed by atoms with Crippen LogP contribution in [0.1, 0.15) is 39.5 Å². The highest BCUT2D eigenvalue weighted by Gasteiger charge is 2.29. The SMILES string of the molecule is CCCC(NC(C)=O)C(=O)N1CCC(Oc2ccccc2Cl)CC1. The van der Waals surface area contributed by atoms with Crippen LogP contribution in [0.4, 0.5) is 0 Å². The minimum Gasteiger partial charge on any atom is -0.489 e. The summed E-state index contributed by atoms with van der Waals surface area (Å²) in [4.78, 5) is 25.7. The van der Waals surface area contributed by atoms with Crippen LogP contribution in [-0.4, -0.2) is 41.9 Å². The molecule has 6 heteroatoms. The van der Waals surface area contributed by atoms with E-state index in [4.69, 9.17) is 16.3 Å². The smallest absolute Gasteiger partial charge is 0.245 e. The van der Waals surface area contributed by atoms with Gasteiger partial charge in [0.2, 0.25) is 11.8 Å². The van der Waals surface area contributed by atoms with Gasteiger partial charge in [-0.25, -0.2) is 0 Å². The van der Waals surface area contributed by atoms with Gasteiger partial charge in [0, 0.05) is 32.9 Å². The Morgan fingerprint density at radius 2 is 2.00 bits per heavy atom. The highest BCUT2D eigenvalue weighted by Crippen LogP contribution is 2.27. The predicted molar refractivity (Wildman–Crippen MR) is 94.2 cm³/mol. The van der Waals surface area contributed by atoms with Crippen LogP contribution in [0.15, 0.2) is 24.3 Å². The fraction of sp³-hybridized carbons (Fsp3) is 0.556.